The number of benzene rings is 2. The zero-order valence-electron chi connectivity index (χ0n) is 19.0. The number of hydrogen-bond acceptors (Lipinski definition) is 6. The molecule has 1 N–H and O–H groups in total. The molecule has 2 fully saturated rings. The molecule has 5 rings (SSSR count). The van der Waals surface area contributed by atoms with E-state index in [1.165, 1.54) is 37.9 Å². The Bertz CT molecular complexity index is 1040. The van der Waals surface area contributed by atoms with Crippen molar-refractivity contribution in [2.45, 2.75) is 44.2 Å². The molecular formula is C25H31FN6O. The molecule has 7 nitrogen and oxygen atoms in total. The SMILES string of the molecule is COc1ccc(-n2cnnn2)cc1CN[C@H]1CC[C@H](CN2CCCC2)[C@H]1c1ccc(F)cc1. The normalized spacial score (nSPS) is 23.3. The predicted molar refractivity (Wildman–Crippen MR) is 124 cm³/mol. The minimum absolute atomic E-state index is 0.179. The van der Waals surface area contributed by atoms with Crippen molar-refractivity contribution in [2.75, 3.05) is 26.7 Å². The second-order valence-electron chi connectivity index (χ2n) is 9.16. The number of nitrogens with zero attached hydrogens (tertiary/aromatic N) is 5. The summed E-state index contributed by atoms with van der Waals surface area (Å²) in [5, 5.41) is 15.3. The number of aromatic nitrogens is 4. The highest BCUT2D eigenvalue weighted by atomic mass is 19.1. The predicted octanol–water partition coefficient (Wildman–Crippen LogP) is 3.56. The van der Waals surface area contributed by atoms with Crippen molar-refractivity contribution < 1.29 is 9.13 Å². The number of tetrazole rings is 1. The second kappa shape index (κ2) is 9.97. The average molecular weight is 451 g/mol. The molecule has 1 aliphatic carbocycles. The summed E-state index contributed by atoms with van der Waals surface area (Å²) >= 11 is 0. The molecule has 33 heavy (non-hydrogen) atoms. The third kappa shape index (κ3) is 4.91. The van der Waals surface area contributed by atoms with Gasteiger partial charge in [0.05, 0.1) is 12.8 Å². The van der Waals surface area contributed by atoms with E-state index in [-0.39, 0.29) is 5.82 Å². The molecule has 2 aromatic carbocycles. The first kappa shape index (κ1) is 22.0. The molecule has 3 atom stereocenters. The van der Waals surface area contributed by atoms with E-state index in [0.29, 0.717) is 24.4 Å². The van der Waals surface area contributed by atoms with Crippen LogP contribution in [0.2, 0.25) is 0 Å². The third-order valence-corrected chi connectivity index (χ3v) is 7.17. The molecule has 2 heterocycles. The van der Waals surface area contributed by atoms with Crippen molar-refractivity contribution in [3.63, 3.8) is 0 Å². The Labute approximate surface area is 193 Å². The maximum atomic E-state index is 13.6. The van der Waals surface area contributed by atoms with Crippen LogP contribution in [-0.4, -0.2) is 57.9 Å². The highest BCUT2D eigenvalue weighted by Crippen LogP contribution is 2.41. The van der Waals surface area contributed by atoms with E-state index < -0.39 is 0 Å². The summed E-state index contributed by atoms with van der Waals surface area (Å²) < 4.78 is 20.9. The van der Waals surface area contributed by atoms with Crippen molar-refractivity contribution in [3.05, 3.63) is 65.7 Å². The van der Waals surface area contributed by atoms with Gasteiger partial charge in [0.25, 0.3) is 0 Å². The summed E-state index contributed by atoms with van der Waals surface area (Å²) in [6.45, 7) is 4.20. The van der Waals surface area contributed by atoms with Crippen LogP contribution in [0.5, 0.6) is 5.75 Å². The van der Waals surface area contributed by atoms with Crippen LogP contribution in [0.4, 0.5) is 4.39 Å². The van der Waals surface area contributed by atoms with Crippen LogP contribution >= 0.6 is 0 Å². The molecule has 3 aromatic rings. The zero-order valence-corrected chi connectivity index (χ0v) is 19.0. The molecule has 0 spiro atoms. The highest BCUT2D eigenvalue weighted by molar-refractivity contribution is 5.43. The molecule has 8 heteroatoms. The lowest BCUT2D eigenvalue weighted by Gasteiger charge is -2.29. The Morgan fingerprint density at radius 3 is 2.64 bits per heavy atom. The molecule has 0 bridgehead atoms. The van der Waals surface area contributed by atoms with E-state index in [2.05, 4.69) is 31.8 Å². The van der Waals surface area contributed by atoms with Crippen LogP contribution in [-0.2, 0) is 6.54 Å². The molecule has 0 radical (unpaired) electrons. The van der Waals surface area contributed by atoms with Crippen LogP contribution in [0.15, 0.2) is 48.8 Å². The van der Waals surface area contributed by atoms with Crippen molar-refractivity contribution >= 4 is 0 Å². The van der Waals surface area contributed by atoms with Gasteiger partial charge >= 0.3 is 0 Å². The summed E-state index contributed by atoms with van der Waals surface area (Å²) in [4.78, 5) is 2.60. The lowest BCUT2D eigenvalue weighted by molar-refractivity contribution is 0.260. The number of rotatable bonds is 8. The molecular weight excluding hydrogens is 419 g/mol. The van der Waals surface area contributed by atoms with E-state index in [1.54, 1.807) is 30.3 Å². The molecule has 2 aliphatic rings. The van der Waals surface area contributed by atoms with Gasteiger partial charge in [-0.1, -0.05) is 12.1 Å². The molecule has 174 valence electrons. The van der Waals surface area contributed by atoms with Gasteiger partial charge in [-0.15, -0.1) is 5.10 Å². The smallest absolute Gasteiger partial charge is 0.143 e. The number of halogens is 1. The van der Waals surface area contributed by atoms with E-state index in [4.69, 9.17) is 4.74 Å². The van der Waals surface area contributed by atoms with Gasteiger partial charge in [0.2, 0.25) is 0 Å². The van der Waals surface area contributed by atoms with Crippen LogP contribution in [0, 0.1) is 11.7 Å². The third-order valence-electron chi connectivity index (χ3n) is 7.17. The first-order valence-electron chi connectivity index (χ1n) is 11.8. The summed E-state index contributed by atoms with van der Waals surface area (Å²) in [6.07, 6.45) is 6.47. The molecule has 0 amide bonds. The van der Waals surface area contributed by atoms with Gasteiger partial charge in [0, 0.05) is 30.6 Å². The summed E-state index contributed by atoms with van der Waals surface area (Å²) in [5.74, 6) is 1.59. The van der Waals surface area contributed by atoms with Crippen LogP contribution in [0.3, 0.4) is 0 Å². The Hall–Kier alpha value is -2.84. The maximum absolute atomic E-state index is 13.6. The van der Waals surface area contributed by atoms with Gasteiger partial charge in [0.15, 0.2) is 0 Å². The Morgan fingerprint density at radius 2 is 1.91 bits per heavy atom. The summed E-state index contributed by atoms with van der Waals surface area (Å²) in [5.41, 5.74) is 3.18. The monoisotopic (exact) mass is 450 g/mol. The van der Waals surface area contributed by atoms with E-state index in [9.17, 15) is 4.39 Å². The van der Waals surface area contributed by atoms with Gasteiger partial charge in [-0.25, -0.2) is 9.07 Å². The largest absolute Gasteiger partial charge is 0.496 e. The van der Waals surface area contributed by atoms with E-state index >= 15 is 0 Å². The number of likely N-dealkylation sites (tertiary alicyclic amines) is 1. The Kier molecular flexibility index (Phi) is 6.64. The fourth-order valence-corrected chi connectivity index (χ4v) is 5.57. The molecule has 1 aliphatic heterocycles. The minimum Gasteiger partial charge on any atom is -0.496 e. The lowest BCUT2D eigenvalue weighted by atomic mass is 9.86. The number of hydrogen-bond donors (Lipinski definition) is 1. The van der Waals surface area contributed by atoms with Gasteiger partial charge in [-0.2, -0.15) is 0 Å². The van der Waals surface area contributed by atoms with Gasteiger partial charge in [0.1, 0.15) is 17.9 Å². The molecule has 1 aromatic heterocycles. The van der Waals surface area contributed by atoms with Crippen molar-refractivity contribution in [3.8, 4) is 11.4 Å². The molecule has 1 saturated carbocycles. The van der Waals surface area contributed by atoms with Crippen molar-refractivity contribution in [2.24, 2.45) is 5.92 Å². The molecule has 1 saturated heterocycles. The number of methoxy groups -OCH3 is 1. The minimum atomic E-state index is -0.179. The topological polar surface area (TPSA) is 68.1 Å². The zero-order chi connectivity index (χ0) is 22.6. The maximum Gasteiger partial charge on any atom is 0.143 e. The van der Waals surface area contributed by atoms with Crippen molar-refractivity contribution in [1.29, 1.82) is 0 Å². The van der Waals surface area contributed by atoms with E-state index in [1.807, 2.05) is 24.3 Å². The highest BCUT2D eigenvalue weighted by Gasteiger charge is 2.38. The number of ether oxygens (including phenoxy) is 1. The molecule has 0 unspecified atom stereocenters. The average Bonchev–Trinajstić information content (AvgIpc) is 3.61. The van der Waals surface area contributed by atoms with Crippen LogP contribution in [0.25, 0.3) is 5.69 Å². The quantitative estimate of drug-likeness (QED) is 0.566. The number of nitrogens with one attached hydrogen (secondary N) is 1. The summed E-state index contributed by atoms with van der Waals surface area (Å²) in [6, 6.07) is 13.4. The standard InChI is InChI=1S/C25H31FN6O/c1-33-24-11-9-22(32-17-28-29-30-32)14-20(24)15-27-23-10-6-19(16-31-12-2-3-13-31)25(23)18-4-7-21(26)8-5-18/h4-5,7-9,11,14,17,19,23,25,27H,2-3,6,10,12-13,15-16H2,1H3/t19-,23+,25-/m1/s1. The Morgan fingerprint density at radius 1 is 1.09 bits per heavy atom. The first-order valence-corrected chi connectivity index (χ1v) is 11.8. The van der Waals surface area contributed by atoms with Gasteiger partial charge < -0.3 is 15.0 Å². The van der Waals surface area contributed by atoms with Crippen LogP contribution in [0.1, 0.15) is 42.7 Å². The van der Waals surface area contributed by atoms with E-state index in [0.717, 1.165) is 30.0 Å². The van der Waals surface area contributed by atoms with Crippen LogP contribution < -0.4 is 10.1 Å². The second-order valence-corrected chi connectivity index (χ2v) is 9.16. The first-order chi connectivity index (χ1) is 16.2. The fraction of sp³-hybridized carbons (Fsp3) is 0.480. The van der Waals surface area contributed by atoms with Gasteiger partial charge in [-0.3, -0.25) is 0 Å². The Balaban J connectivity index is 1.35. The lowest BCUT2D eigenvalue weighted by Crippen LogP contribution is -2.35. The van der Waals surface area contributed by atoms with Crippen molar-refractivity contribution in [1.82, 2.24) is 30.4 Å². The fourth-order valence-electron chi connectivity index (χ4n) is 5.57. The van der Waals surface area contributed by atoms with Gasteiger partial charge in [-0.05, 0) is 91.0 Å². The summed E-state index contributed by atoms with van der Waals surface area (Å²) in [7, 11) is 1.69.